The van der Waals surface area contributed by atoms with Gasteiger partial charge in [0.2, 0.25) is 5.91 Å². The van der Waals surface area contributed by atoms with Crippen molar-refractivity contribution in [1.82, 2.24) is 10.2 Å². The fourth-order valence-corrected chi connectivity index (χ4v) is 1.57. The molecule has 6 heteroatoms. The van der Waals surface area contributed by atoms with Gasteiger partial charge in [-0.15, -0.1) is 0 Å². The van der Waals surface area contributed by atoms with Crippen LogP contribution in [-0.4, -0.2) is 53.8 Å². The summed E-state index contributed by atoms with van der Waals surface area (Å²) in [7, 11) is 0. The summed E-state index contributed by atoms with van der Waals surface area (Å²) in [5, 5.41) is 11.7. The molecule has 1 saturated heterocycles. The largest absolute Gasteiger partial charge is 0.465 e. The molecule has 84 valence electrons. The Labute approximate surface area is 87.2 Å². The Morgan fingerprint density at radius 3 is 2.73 bits per heavy atom. The molecule has 1 heterocycles. The van der Waals surface area contributed by atoms with E-state index in [-0.39, 0.29) is 25.1 Å². The Hall–Kier alpha value is -1.30. The van der Waals surface area contributed by atoms with E-state index in [0.717, 1.165) is 17.7 Å². The Morgan fingerprint density at radius 2 is 2.13 bits per heavy atom. The fourth-order valence-electron chi connectivity index (χ4n) is 1.57. The zero-order valence-corrected chi connectivity index (χ0v) is 8.31. The molecule has 0 aromatic carbocycles. The summed E-state index contributed by atoms with van der Waals surface area (Å²) < 4.78 is 5.12. The molecule has 1 atom stereocenters. The third-order valence-electron chi connectivity index (χ3n) is 2.60. The molecule has 15 heavy (non-hydrogen) atoms. The van der Waals surface area contributed by atoms with Crippen LogP contribution in [-0.2, 0) is 9.53 Å². The van der Waals surface area contributed by atoms with Gasteiger partial charge >= 0.3 is 6.09 Å². The highest BCUT2D eigenvalue weighted by molar-refractivity contribution is 5.86. The number of carbonyl (C=O) groups excluding carboxylic acids is 1. The van der Waals surface area contributed by atoms with Gasteiger partial charge in [-0.2, -0.15) is 0 Å². The topological polar surface area (TPSA) is 78.9 Å². The van der Waals surface area contributed by atoms with Crippen LogP contribution in [0.2, 0.25) is 0 Å². The van der Waals surface area contributed by atoms with E-state index in [1.807, 2.05) is 0 Å². The van der Waals surface area contributed by atoms with E-state index in [2.05, 4.69) is 5.32 Å². The van der Waals surface area contributed by atoms with Crippen LogP contribution in [0.4, 0.5) is 4.79 Å². The summed E-state index contributed by atoms with van der Waals surface area (Å²) >= 11 is 0. The van der Waals surface area contributed by atoms with Crippen molar-refractivity contribution in [1.29, 1.82) is 0 Å². The summed E-state index contributed by atoms with van der Waals surface area (Å²) in [6.07, 6.45) is 0.924. The van der Waals surface area contributed by atoms with Crippen molar-refractivity contribution in [3.05, 3.63) is 0 Å². The average Bonchev–Trinajstić information content (AvgIpc) is 3.01. The number of carboxylic acid groups (broad SMARTS) is 1. The Morgan fingerprint density at radius 1 is 1.40 bits per heavy atom. The van der Waals surface area contributed by atoms with Crippen molar-refractivity contribution in [2.75, 3.05) is 19.8 Å². The van der Waals surface area contributed by atoms with Gasteiger partial charge in [-0.25, -0.2) is 4.79 Å². The number of hydrogen-bond acceptors (Lipinski definition) is 3. The van der Waals surface area contributed by atoms with Gasteiger partial charge in [-0.05, 0) is 12.8 Å². The lowest BCUT2D eigenvalue weighted by Gasteiger charge is -2.32. The van der Waals surface area contributed by atoms with Crippen LogP contribution in [0, 0.1) is 0 Å². The second-order valence-electron chi connectivity index (χ2n) is 3.85. The molecule has 6 nitrogen and oxygen atoms in total. The number of nitrogens with one attached hydrogen (secondary N) is 1. The van der Waals surface area contributed by atoms with Crippen molar-refractivity contribution >= 4 is 12.0 Å². The number of nitrogens with zero attached hydrogens (tertiary/aromatic N) is 1. The molecule has 0 spiro atoms. The zero-order chi connectivity index (χ0) is 10.8. The molecular weight excluding hydrogens is 200 g/mol. The number of morpholine rings is 1. The fraction of sp³-hybridized carbons (Fsp3) is 0.778. The lowest BCUT2D eigenvalue weighted by molar-refractivity contribution is -0.131. The molecule has 2 N–H and O–H groups in total. The van der Waals surface area contributed by atoms with E-state index in [1.165, 1.54) is 0 Å². The molecule has 1 aliphatic carbocycles. The number of carbonyl (C=O) groups is 2. The second kappa shape index (κ2) is 4.06. The molecule has 0 aromatic heterocycles. The number of hydrogen-bond donors (Lipinski definition) is 2. The van der Waals surface area contributed by atoms with Gasteiger partial charge in [-0.1, -0.05) is 0 Å². The first kappa shape index (κ1) is 10.2. The molecule has 1 aliphatic heterocycles. The average molecular weight is 214 g/mol. The molecule has 2 fully saturated rings. The quantitative estimate of drug-likeness (QED) is 0.658. The lowest BCUT2D eigenvalue weighted by atomic mass is 10.2. The van der Waals surface area contributed by atoms with E-state index < -0.39 is 12.1 Å². The smallest absolute Gasteiger partial charge is 0.408 e. The summed E-state index contributed by atoms with van der Waals surface area (Å²) in [6, 6.07) is -0.438. The molecule has 0 radical (unpaired) electrons. The van der Waals surface area contributed by atoms with Gasteiger partial charge in [-0.3, -0.25) is 9.69 Å². The van der Waals surface area contributed by atoms with Crippen LogP contribution in [0.5, 0.6) is 0 Å². The summed E-state index contributed by atoms with van der Waals surface area (Å²) in [5.74, 6) is -0.236. The Balaban J connectivity index is 1.96. The number of amides is 2. The Kier molecular flexibility index (Phi) is 2.77. The van der Waals surface area contributed by atoms with Gasteiger partial charge in [0.05, 0.1) is 13.2 Å². The lowest BCUT2D eigenvalue weighted by Crippen LogP contribution is -2.55. The third kappa shape index (κ3) is 2.38. The van der Waals surface area contributed by atoms with E-state index in [1.54, 1.807) is 0 Å². The van der Waals surface area contributed by atoms with Crippen LogP contribution >= 0.6 is 0 Å². The molecule has 2 amide bonds. The van der Waals surface area contributed by atoms with Gasteiger partial charge in [0.25, 0.3) is 0 Å². The predicted molar refractivity (Wildman–Crippen MR) is 50.5 cm³/mol. The van der Waals surface area contributed by atoms with Gasteiger partial charge in [0.1, 0.15) is 6.04 Å². The molecule has 1 unspecified atom stereocenters. The van der Waals surface area contributed by atoms with Crippen molar-refractivity contribution in [2.24, 2.45) is 0 Å². The van der Waals surface area contributed by atoms with Crippen LogP contribution in [0.1, 0.15) is 12.8 Å². The van der Waals surface area contributed by atoms with E-state index in [9.17, 15) is 9.59 Å². The monoisotopic (exact) mass is 214 g/mol. The summed E-state index contributed by atoms with van der Waals surface area (Å²) in [4.78, 5) is 23.7. The first-order chi connectivity index (χ1) is 7.18. The van der Waals surface area contributed by atoms with Crippen molar-refractivity contribution < 1.29 is 19.4 Å². The molecular formula is C9H14N2O4. The second-order valence-corrected chi connectivity index (χ2v) is 3.85. The van der Waals surface area contributed by atoms with Crippen molar-refractivity contribution in [3.63, 3.8) is 0 Å². The van der Waals surface area contributed by atoms with Gasteiger partial charge in [0, 0.05) is 12.6 Å². The maximum atomic E-state index is 11.7. The SMILES string of the molecule is O=C(NC1CC1)C1COCCN1C(=O)O. The molecule has 0 aromatic rings. The zero-order valence-electron chi connectivity index (χ0n) is 8.31. The highest BCUT2D eigenvalue weighted by atomic mass is 16.5. The molecule has 2 aliphatic rings. The molecule has 0 bridgehead atoms. The van der Waals surface area contributed by atoms with Crippen LogP contribution in [0.15, 0.2) is 0 Å². The van der Waals surface area contributed by atoms with E-state index in [0.29, 0.717) is 6.61 Å². The highest BCUT2D eigenvalue weighted by Gasteiger charge is 2.35. The van der Waals surface area contributed by atoms with Crippen molar-refractivity contribution in [2.45, 2.75) is 24.9 Å². The van der Waals surface area contributed by atoms with E-state index in [4.69, 9.17) is 9.84 Å². The maximum absolute atomic E-state index is 11.7. The summed E-state index contributed by atoms with van der Waals surface area (Å²) in [5.41, 5.74) is 0. The van der Waals surface area contributed by atoms with Gasteiger partial charge < -0.3 is 15.2 Å². The molecule has 1 saturated carbocycles. The minimum absolute atomic E-state index is 0.158. The normalized spacial score (nSPS) is 26.1. The van der Waals surface area contributed by atoms with Crippen LogP contribution < -0.4 is 5.32 Å². The Bertz CT molecular complexity index is 277. The van der Waals surface area contributed by atoms with Gasteiger partial charge in [0.15, 0.2) is 0 Å². The first-order valence-corrected chi connectivity index (χ1v) is 5.06. The third-order valence-corrected chi connectivity index (χ3v) is 2.60. The standard InChI is InChI=1S/C9H14N2O4/c12-8(10-6-1-2-6)7-5-15-4-3-11(7)9(13)14/h6-7H,1-5H2,(H,10,12)(H,13,14). The summed E-state index contributed by atoms with van der Waals surface area (Å²) in [6.45, 7) is 0.780. The number of rotatable bonds is 2. The first-order valence-electron chi connectivity index (χ1n) is 5.06. The predicted octanol–water partition coefficient (Wildman–Crippen LogP) is -0.356. The minimum atomic E-state index is -1.06. The molecule has 2 rings (SSSR count). The minimum Gasteiger partial charge on any atom is -0.465 e. The van der Waals surface area contributed by atoms with Crippen molar-refractivity contribution in [3.8, 4) is 0 Å². The number of ether oxygens (including phenoxy) is 1. The highest BCUT2D eigenvalue weighted by Crippen LogP contribution is 2.19. The van der Waals surface area contributed by atoms with Crippen LogP contribution in [0.25, 0.3) is 0 Å². The maximum Gasteiger partial charge on any atom is 0.408 e. The van der Waals surface area contributed by atoms with Crippen LogP contribution in [0.3, 0.4) is 0 Å². The van der Waals surface area contributed by atoms with E-state index >= 15 is 0 Å².